The van der Waals surface area contributed by atoms with Crippen LogP contribution in [0.4, 0.5) is 5.69 Å². The van der Waals surface area contributed by atoms with Crippen molar-refractivity contribution in [1.82, 2.24) is 9.71 Å². The van der Waals surface area contributed by atoms with Crippen molar-refractivity contribution in [2.45, 2.75) is 30.7 Å². The Labute approximate surface area is 140 Å². The van der Waals surface area contributed by atoms with Crippen LogP contribution in [0.15, 0.2) is 41.6 Å². The summed E-state index contributed by atoms with van der Waals surface area (Å²) in [6, 6.07) is 6.92. The number of amides is 1. The standard InChI is InChI=1S/C17H17N3O3S/c21-16-9-14-8-15(7-13-4-2-6-20(16)17(13)14)24(22,23)19-11-12-3-1-5-18-10-12/h1,3,5,7-8,10,19H,2,4,6,9,11H2. The van der Waals surface area contributed by atoms with Crippen LogP contribution in [0.2, 0.25) is 0 Å². The van der Waals surface area contributed by atoms with Crippen molar-refractivity contribution in [2.75, 3.05) is 11.4 Å². The lowest BCUT2D eigenvalue weighted by Gasteiger charge is -2.26. The Morgan fingerprint density at radius 2 is 2.08 bits per heavy atom. The van der Waals surface area contributed by atoms with Crippen LogP contribution in [-0.2, 0) is 34.2 Å². The van der Waals surface area contributed by atoms with Gasteiger partial charge in [0.25, 0.3) is 0 Å². The van der Waals surface area contributed by atoms with E-state index < -0.39 is 10.0 Å². The maximum absolute atomic E-state index is 12.6. The number of rotatable bonds is 4. The fraction of sp³-hybridized carbons (Fsp3) is 0.294. The molecule has 2 aromatic rings. The number of benzene rings is 1. The van der Waals surface area contributed by atoms with Gasteiger partial charge in [0.15, 0.2) is 0 Å². The molecule has 0 atom stereocenters. The van der Waals surface area contributed by atoms with Gasteiger partial charge in [-0.2, -0.15) is 0 Å². The largest absolute Gasteiger partial charge is 0.312 e. The minimum atomic E-state index is -3.63. The molecule has 3 heterocycles. The van der Waals surface area contributed by atoms with Gasteiger partial charge >= 0.3 is 0 Å². The third-order valence-corrected chi connectivity index (χ3v) is 5.86. The number of carbonyl (C=O) groups is 1. The summed E-state index contributed by atoms with van der Waals surface area (Å²) in [7, 11) is -3.63. The predicted molar refractivity (Wildman–Crippen MR) is 89.1 cm³/mol. The fourth-order valence-corrected chi connectivity index (χ4v) is 4.48. The van der Waals surface area contributed by atoms with Gasteiger partial charge in [-0.1, -0.05) is 6.07 Å². The van der Waals surface area contributed by atoms with E-state index in [1.807, 2.05) is 6.07 Å². The van der Waals surface area contributed by atoms with Crippen molar-refractivity contribution in [3.63, 3.8) is 0 Å². The lowest BCUT2D eigenvalue weighted by atomic mass is 10.0. The molecule has 2 aliphatic heterocycles. The number of carbonyl (C=O) groups excluding carboxylic acids is 1. The van der Waals surface area contributed by atoms with E-state index in [2.05, 4.69) is 9.71 Å². The number of aromatic nitrogens is 1. The Morgan fingerprint density at radius 3 is 2.88 bits per heavy atom. The lowest BCUT2D eigenvalue weighted by molar-refractivity contribution is -0.117. The van der Waals surface area contributed by atoms with Crippen molar-refractivity contribution in [3.05, 3.63) is 53.3 Å². The van der Waals surface area contributed by atoms with Gasteiger partial charge < -0.3 is 4.90 Å². The van der Waals surface area contributed by atoms with E-state index in [0.717, 1.165) is 41.8 Å². The summed E-state index contributed by atoms with van der Waals surface area (Å²) >= 11 is 0. The van der Waals surface area contributed by atoms with Crippen molar-refractivity contribution in [1.29, 1.82) is 0 Å². The van der Waals surface area contributed by atoms with Gasteiger partial charge in [-0.3, -0.25) is 9.78 Å². The summed E-state index contributed by atoms with van der Waals surface area (Å²) in [6.45, 7) is 0.915. The third-order valence-electron chi connectivity index (χ3n) is 4.48. The van der Waals surface area contributed by atoms with E-state index in [9.17, 15) is 13.2 Å². The summed E-state index contributed by atoms with van der Waals surface area (Å²) in [5, 5.41) is 0. The van der Waals surface area contributed by atoms with Crippen molar-refractivity contribution in [3.8, 4) is 0 Å². The minimum absolute atomic E-state index is 0.0591. The molecule has 1 aromatic carbocycles. The van der Waals surface area contributed by atoms with Crippen LogP contribution in [0.25, 0.3) is 0 Å². The minimum Gasteiger partial charge on any atom is -0.312 e. The SMILES string of the molecule is O=C1Cc2cc(S(=O)(=O)NCc3cccnc3)cc3c2N1CCC3. The highest BCUT2D eigenvalue weighted by molar-refractivity contribution is 7.89. The Hall–Kier alpha value is -2.25. The van der Waals surface area contributed by atoms with Crippen LogP contribution >= 0.6 is 0 Å². The first-order chi connectivity index (χ1) is 11.5. The van der Waals surface area contributed by atoms with Gasteiger partial charge in [-0.15, -0.1) is 0 Å². The zero-order valence-electron chi connectivity index (χ0n) is 13.0. The Kier molecular flexibility index (Phi) is 3.62. The van der Waals surface area contributed by atoms with Gasteiger partial charge in [0.2, 0.25) is 15.9 Å². The number of hydrogen-bond donors (Lipinski definition) is 1. The van der Waals surface area contributed by atoms with Crippen LogP contribution < -0.4 is 9.62 Å². The molecule has 0 aliphatic carbocycles. The summed E-state index contributed by atoms with van der Waals surface area (Å²) in [5.41, 5.74) is 3.49. The summed E-state index contributed by atoms with van der Waals surface area (Å²) < 4.78 is 27.9. The van der Waals surface area contributed by atoms with Crippen molar-refractivity contribution < 1.29 is 13.2 Å². The van der Waals surface area contributed by atoms with Gasteiger partial charge in [0.05, 0.1) is 17.0 Å². The molecule has 1 N–H and O–H groups in total. The monoisotopic (exact) mass is 343 g/mol. The second kappa shape index (κ2) is 5.68. The molecule has 4 rings (SSSR count). The highest BCUT2D eigenvalue weighted by Crippen LogP contribution is 2.38. The molecule has 0 fully saturated rings. The van der Waals surface area contributed by atoms with Gasteiger partial charge in [-0.05, 0) is 47.7 Å². The topological polar surface area (TPSA) is 79.4 Å². The highest BCUT2D eigenvalue weighted by Gasteiger charge is 2.33. The van der Waals surface area contributed by atoms with E-state index >= 15 is 0 Å². The van der Waals surface area contributed by atoms with Crippen LogP contribution in [0.3, 0.4) is 0 Å². The number of nitrogens with one attached hydrogen (secondary N) is 1. The molecule has 1 aromatic heterocycles. The van der Waals surface area contributed by atoms with Gasteiger partial charge in [0, 0.05) is 25.5 Å². The lowest BCUT2D eigenvalue weighted by Crippen LogP contribution is -2.31. The summed E-state index contributed by atoms with van der Waals surface area (Å²) in [5.74, 6) is 0.0591. The van der Waals surface area contributed by atoms with Crippen molar-refractivity contribution >= 4 is 21.6 Å². The van der Waals surface area contributed by atoms with Crippen LogP contribution in [0, 0.1) is 0 Å². The molecule has 7 heteroatoms. The maximum atomic E-state index is 12.6. The normalized spacial score (nSPS) is 16.3. The molecule has 0 radical (unpaired) electrons. The predicted octanol–water partition coefficient (Wildman–Crippen LogP) is 1.40. The molecular weight excluding hydrogens is 326 g/mol. The van der Waals surface area contributed by atoms with E-state index in [1.54, 1.807) is 35.5 Å². The number of nitrogens with zero attached hydrogens (tertiary/aromatic N) is 2. The molecule has 0 saturated heterocycles. The Morgan fingerprint density at radius 1 is 1.25 bits per heavy atom. The fourth-order valence-electron chi connectivity index (χ4n) is 3.37. The smallest absolute Gasteiger partial charge is 0.240 e. The second-order valence-corrected chi connectivity index (χ2v) is 7.87. The Balaban J connectivity index is 1.65. The Bertz CT molecular complexity index is 910. The molecule has 0 unspecified atom stereocenters. The average molecular weight is 343 g/mol. The van der Waals surface area contributed by atoms with E-state index in [-0.39, 0.29) is 23.8 Å². The molecule has 0 bridgehead atoms. The number of aryl methyl sites for hydroxylation is 1. The molecule has 6 nitrogen and oxygen atoms in total. The average Bonchev–Trinajstić information content (AvgIpc) is 2.92. The number of pyridine rings is 1. The maximum Gasteiger partial charge on any atom is 0.240 e. The third kappa shape index (κ3) is 2.59. The zero-order chi connectivity index (χ0) is 16.7. The molecule has 1 amide bonds. The van der Waals surface area contributed by atoms with E-state index in [4.69, 9.17) is 0 Å². The highest BCUT2D eigenvalue weighted by atomic mass is 32.2. The number of sulfonamides is 1. The van der Waals surface area contributed by atoms with Gasteiger partial charge in [-0.25, -0.2) is 13.1 Å². The zero-order valence-corrected chi connectivity index (χ0v) is 13.8. The van der Waals surface area contributed by atoms with Crippen molar-refractivity contribution in [2.24, 2.45) is 0 Å². The summed E-state index contributed by atoms with van der Waals surface area (Å²) in [6.07, 6.45) is 5.23. The number of anilines is 1. The molecular formula is C17H17N3O3S. The van der Waals surface area contributed by atoms with Gasteiger partial charge in [0.1, 0.15) is 0 Å². The summed E-state index contributed by atoms with van der Waals surface area (Å²) in [4.78, 5) is 18.1. The molecule has 124 valence electrons. The molecule has 0 spiro atoms. The first-order valence-corrected chi connectivity index (χ1v) is 9.38. The van der Waals surface area contributed by atoms with E-state index in [0.29, 0.717) is 0 Å². The van der Waals surface area contributed by atoms with Crippen LogP contribution in [-0.4, -0.2) is 25.9 Å². The second-order valence-electron chi connectivity index (χ2n) is 6.10. The van der Waals surface area contributed by atoms with Crippen LogP contribution in [0.1, 0.15) is 23.1 Å². The molecule has 24 heavy (non-hydrogen) atoms. The first kappa shape index (κ1) is 15.3. The first-order valence-electron chi connectivity index (χ1n) is 7.89. The van der Waals surface area contributed by atoms with Crippen LogP contribution in [0.5, 0.6) is 0 Å². The number of hydrogen-bond acceptors (Lipinski definition) is 4. The quantitative estimate of drug-likeness (QED) is 0.910. The molecule has 2 aliphatic rings. The molecule has 0 saturated carbocycles. The van der Waals surface area contributed by atoms with E-state index in [1.165, 1.54) is 0 Å².